The second kappa shape index (κ2) is 8.08. The summed E-state index contributed by atoms with van der Waals surface area (Å²) in [4.78, 5) is 12.0. The van der Waals surface area contributed by atoms with Crippen LogP contribution >= 0.6 is 0 Å². The highest BCUT2D eigenvalue weighted by atomic mass is 19.1. The van der Waals surface area contributed by atoms with Gasteiger partial charge in [-0.3, -0.25) is 0 Å². The Kier molecular flexibility index (Phi) is 6.12. The van der Waals surface area contributed by atoms with Crippen LogP contribution in [0.3, 0.4) is 0 Å². The van der Waals surface area contributed by atoms with Crippen LogP contribution in [0.4, 0.5) is 19.3 Å². The third-order valence-corrected chi connectivity index (χ3v) is 4.18. The first-order valence-electron chi connectivity index (χ1n) is 7.74. The number of rotatable bonds is 5. The molecule has 0 saturated heterocycles. The molecule has 0 heterocycles. The van der Waals surface area contributed by atoms with Gasteiger partial charge in [0.1, 0.15) is 17.3 Å². The molecule has 0 spiro atoms. The van der Waals surface area contributed by atoms with Gasteiger partial charge in [-0.1, -0.05) is 25.3 Å². The number of anilines is 1. The van der Waals surface area contributed by atoms with Gasteiger partial charge in [-0.25, -0.2) is 13.6 Å². The Morgan fingerprint density at radius 1 is 1.23 bits per heavy atom. The molecule has 2 amide bonds. The number of benzene rings is 1. The third-order valence-electron chi connectivity index (χ3n) is 4.18. The lowest BCUT2D eigenvalue weighted by atomic mass is 9.83. The second-order valence-electron chi connectivity index (χ2n) is 5.71. The molecule has 1 fully saturated rings. The first kappa shape index (κ1) is 16.7. The third kappa shape index (κ3) is 4.40. The van der Waals surface area contributed by atoms with Crippen LogP contribution in [0.15, 0.2) is 18.2 Å². The van der Waals surface area contributed by atoms with E-state index in [-0.39, 0.29) is 12.6 Å². The average molecular weight is 312 g/mol. The van der Waals surface area contributed by atoms with E-state index in [2.05, 4.69) is 10.6 Å². The largest absolute Gasteiger partial charge is 0.396 e. The van der Waals surface area contributed by atoms with Crippen molar-refractivity contribution in [3.63, 3.8) is 0 Å². The Morgan fingerprint density at radius 2 is 1.86 bits per heavy atom. The summed E-state index contributed by atoms with van der Waals surface area (Å²) in [6.07, 6.45) is 5.85. The summed E-state index contributed by atoms with van der Waals surface area (Å²) in [6, 6.07) is 2.59. The van der Waals surface area contributed by atoms with Crippen molar-refractivity contribution < 1.29 is 18.7 Å². The van der Waals surface area contributed by atoms with E-state index in [1.165, 1.54) is 12.5 Å². The van der Waals surface area contributed by atoms with E-state index in [9.17, 15) is 13.6 Å². The number of urea groups is 1. The van der Waals surface area contributed by atoms with Crippen LogP contribution in [0.5, 0.6) is 0 Å². The molecule has 22 heavy (non-hydrogen) atoms. The van der Waals surface area contributed by atoms with Crippen LogP contribution in [-0.4, -0.2) is 23.8 Å². The molecule has 122 valence electrons. The van der Waals surface area contributed by atoms with E-state index in [0.29, 0.717) is 12.3 Å². The summed E-state index contributed by atoms with van der Waals surface area (Å²) in [7, 11) is 0. The van der Waals surface area contributed by atoms with Gasteiger partial charge in [-0.05, 0) is 37.3 Å². The van der Waals surface area contributed by atoms with Gasteiger partial charge in [0.2, 0.25) is 0 Å². The van der Waals surface area contributed by atoms with Crippen LogP contribution in [-0.2, 0) is 0 Å². The molecule has 6 heteroatoms. The van der Waals surface area contributed by atoms with Crippen molar-refractivity contribution in [1.82, 2.24) is 5.32 Å². The van der Waals surface area contributed by atoms with E-state index in [1.54, 1.807) is 0 Å². The zero-order chi connectivity index (χ0) is 15.9. The maximum absolute atomic E-state index is 13.5. The fraction of sp³-hybridized carbons (Fsp3) is 0.562. The molecule has 1 atom stereocenters. The number of carbonyl (C=O) groups excluding carboxylic acids is 1. The number of nitrogens with one attached hydrogen (secondary N) is 2. The van der Waals surface area contributed by atoms with Crippen LogP contribution < -0.4 is 10.6 Å². The number of carbonyl (C=O) groups is 1. The quantitative estimate of drug-likeness (QED) is 0.780. The van der Waals surface area contributed by atoms with Crippen molar-refractivity contribution in [2.45, 2.75) is 44.6 Å². The molecule has 0 aromatic heterocycles. The summed E-state index contributed by atoms with van der Waals surface area (Å²) in [6.45, 7) is -0.0322. The zero-order valence-corrected chi connectivity index (χ0v) is 12.4. The molecule has 0 bridgehead atoms. The van der Waals surface area contributed by atoms with Crippen molar-refractivity contribution in [3.8, 4) is 0 Å². The smallest absolute Gasteiger partial charge is 0.319 e. The average Bonchev–Trinajstić information content (AvgIpc) is 2.51. The van der Waals surface area contributed by atoms with Crippen molar-refractivity contribution in [3.05, 3.63) is 29.8 Å². The Bertz CT molecular complexity index is 485. The summed E-state index contributed by atoms with van der Waals surface area (Å²) in [5, 5.41) is 14.1. The maximum Gasteiger partial charge on any atom is 0.319 e. The van der Waals surface area contributed by atoms with E-state index in [0.717, 1.165) is 37.8 Å². The highest BCUT2D eigenvalue weighted by Crippen LogP contribution is 2.28. The molecule has 3 N–H and O–H groups in total. The van der Waals surface area contributed by atoms with Crippen LogP contribution in [0.25, 0.3) is 0 Å². The van der Waals surface area contributed by atoms with Crippen LogP contribution in [0.1, 0.15) is 38.5 Å². The van der Waals surface area contributed by atoms with Crippen molar-refractivity contribution in [1.29, 1.82) is 0 Å². The first-order valence-corrected chi connectivity index (χ1v) is 7.74. The zero-order valence-electron chi connectivity index (χ0n) is 12.4. The van der Waals surface area contributed by atoms with Gasteiger partial charge in [0.15, 0.2) is 0 Å². The first-order chi connectivity index (χ1) is 10.6. The van der Waals surface area contributed by atoms with E-state index < -0.39 is 23.4 Å². The molecule has 0 aliphatic heterocycles. The highest BCUT2D eigenvalue weighted by Gasteiger charge is 2.25. The number of para-hydroxylation sites is 1. The minimum Gasteiger partial charge on any atom is -0.396 e. The fourth-order valence-corrected chi connectivity index (χ4v) is 3.04. The van der Waals surface area contributed by atoms with Crippen LogP contribution in [0, 0.1) is 17.6 Å². The lowest BCUT2D eigenvalue weighted by molar-refractivity contribution is 0.202. The van der Waals surface area contributed by atoms with Gasteiger partial charge < -0.3 is 15.7 Å². The van der Waals surface area contributed by atoms with Gasteiger partial charge in [-0.15, -0.1) is 0 Å². The van der Waals surface area contributed by atoms with E-state index in [4.69, 9.17) is 5.11 Å². The van der Waals surface area contributed by atoms with Crippen molar-refractivity contribution >= 4 is 11.7 Å². The molecule has 1 saturated carbocycles. The molecule has 1 aromatic rings. The molecule has 0 radical (unpaired) electrons. The molecular weight excluding hydrogens is 290 g/mol. The number of amides is 2. The predicted molar refractivity (Wildman–Crippen MR) is 80.6 cm³/mol. The minimum absolute atomic E-state index is 0.0322. The maximum atomic E-state index is 13.5. The van der Waals surface area contributed by atoms with Crippen LogP contribution in [0.2, 0.25) is 0 Å². The van der Waals surface area contributed by atoms with Crippen molar-refractivity contribution in [2.24, 2.45) is 5.92 Å². The fourth-order valence-electron chi connectivity index (χ4n) is 3.04. The second-order valence-corrected chi connectivity index (χ2v) is 5.71. The standard InChI is InChI=1S/C16H22F2N2O2/c17-12-7-4-8-13(18)15(12)20-16(22)19-14(9-10-21)11-5-2-1-3-6-11/h4,7-8,11,14,21H,1-3,5-6,9-10H2,(H2,19,20,22). The number of hydrogen-bond donors (Lipinski definition) is 3. The molecular formula is C16H22F2N2O2. The Hall–Kier alpha value is -1.69. The lowest BCUT2D eigenvalue weighted by Gasteiger charge is -2.30. The number of halogens is 2. The number of hydrogen-bond acceptors (Lipinski definition) is 2. The Labute approximate surface area is 128 Å². The normalized spacial score (nSPS) is 17.0. The molecule has 1 aromatic carbocycles. The van der Waals surface area contributed by atoms with E-state index >= 15 is 0 Å². The van der Waals surface area contributed by atoms with E-state index in [1.807, 2.05) is 0 Å². The van der Waals surface area contributed by atoms with Gasteiger partial charge in [0.25, 0.3) is 0 Å². The molecule has 1 unspecified atom stereocenters. The van der Waals surface area contributed by atoms with Gasteiger partial charge in [0.05, 0.1) is 0 Å². The summed E-state index contributed by atoms with van der Waals surface area (Å²) < 4.78 is 27.1. The Morgan fingerprint density at radius 3 is 2.45 bits per heavy atom. The molecule has 1 aliphatic rings. The van der Waals surface area contributed by atoms with Gasteiger partial charge in [-0.2, -0.15) is 0 Å². The topological polar surface area (TPSA) is 61.4 Å². The Balaban J connectivity index is 1.98. The molecule has 1 aliphatic carbocycles. The van der Waals surface area contributed by atoms with Gasteiger partial charge in [0, 0.05) is 12.6 Å². The lowest BCUT2D eigenvalue weighted by Crippen LogP contribution is -2.44. The monoisotopic (exact) mass is 312 g/mol. The summed E-state index contributed by atoms with van der Waals surface area (Å²) in [5.74, 6) is -1.32. The molecule has 4 nitrogen and oxygen atoms in total. The number of aliphatic hydroxyl groups excluding tert-OH is 1. The molecule has 2 rings (SSSR count). The summed E-state index contributed by atoms with van der Waals surface area (Å²) in [5.41, 5.74) is -0.452. The minimum atomic E-state index is -0.813. The number of aliphatic hydroxyl groups is 1. The van der Waals surface area contributed by atoms with Crippen molar-refractivity contribution in [2.75, 3.05) is 11.9 Å². The highest BCUT2D eigenvalue weighted by molar-refractivity contribution is 5.89. The SMILES string of the molecule is O=C(Nc1c(F)cccc1F)NC(CCO)C1CCCCC1. The summed E-state index contributed by atoms with van der Waals surface area (Å²) >= 11 is 0. The van der Waals surface area contributed by atoms with Gasteiger partial charge >= 0.3 is 6.03 Å². The predicted octanol–water partition coefficient (Wildman–Crippen LogP) is 3.42.